The maximum atomic E-state index is 10.3. The summed E-state index contributed by atoms with van der Waals surface area (Å²) in [5.74, 6) is 0. The monoisotopic (exact) mass is 335 g/mol. The average Bonchev–Trinajstić information content (AvgIpc) is 2.58. The number of aromatic nitrogens is 3. The first-order chi connectivity index (χ1) is 8.02. The molecular weight excluding hydrogens is 329 g/mol. The summed E-state index contributed by atoms with van der Waals surface area (Å²) >= 11 is 15.3. The molecule has 4 nitrogen and oxygen atoms in total. The van der Waals surface area contributed by atoms with Crippen LogP contribution in [0.5, 0.6) is 0 Å². The number of benzene rings is 1. The third-order valence-corrected chi connectivity index (χ3v) is 3.58. The highest BCUT2D eigenvalue weighted by Crippen LogP contribution is 2.35. The minimum Gasteiger partial charge on any atom is -0.382 e. The Kier molecular flexibility index (Phi) is 3.73. The first kappa shape index (κ1) is 12.8. The van der Waals surface area contributed by atoms with Crippen LogP contribution in [0.15, 0.2) is 22.8 Å². The van der Waals surface area contributed by atoms with Gasteiger partial charge in [-0.05, 0) is 28.1 Å². The van der Waals surface area contributed by atoms with E-state index in [0.717, 1.165) is 0 Å². The maximum absolute atomic E-state index is 10.3. The van der Waals surface area contributed by atoms with Crippen LogP contribution in [0.2, 0.25) is 10.0 Å². The Morgan fingerprint density at radius 3 is 2.41 bits per heavy atom. The Labute approximate surface area is 116 Å². The predicted octanol–water partition coefficient (Wildman–Crippen LogP) is 2.97. The van der Waals surface area contributed by atoms with Crippen molar-refractivity contribution >= 4 is 39.1 Å². The Balaban J connectivity index is 2.55. The number of aliphatic hydroxyl groups excluding tert-OH is 1. The molecule has 1 unspecified atom stereocenters. The number of nitrogens with zero attached hydrogens (tertiary/aromatic N) is 3. The largest absolute Gasteiger partial charge is 0.382 e. The number of rotatable bonds is 2. The fourth-order valence-electron chi connectivity index (χ4n) is 1.54. The van der Waals surface area contributed by atoms with Crippen molar-refractivity contribution in [3.05, 3.63) is 44.1 Å². The zero-order valence-electron chi connectivity index (χ0n) is 8.73. The summed E-state index contributed by atoms with van der Waals surface area (Å²) in [6, 6.07) is 5.06. The molecule has 0 saturated heterocycles. The van der Waals surface area contributed by atoms with Crippen LogP contribution in [0, 0.1) is 0 Å². The Hall–Kier alpha value is -0.620. The molecule has 2 rings (SSSR count). The molecule has 0 aliphatic carbocycles. The Morgan fingerprint density at radius 1 is 1.35 bits per heavy atom. The average molecular weight is 337 g/mol. The van der Waals surface area contributed by atoms with E-state index in [1.54, 1.807) is 25.2 Å². The molecular formula is C10H8BrCl2N3O. The molecule has 0 aliphatic heterocycles. The van der Waals surface area contributed by atoms with Gasteiger partial charge < -0.3 is 5.11 Å². The fourth-order valence-corrected chi connectivity index (χ4v) is 2.69. The summed E-state index contributed by atoms with van der Waals surface area (Å²) in [5.41, 5.74) is 0.946. The molecule has 0 fully saturated rings. The highest BCUT2D eigenvalue weighted by molar-refractivity contribution is 9.10. The third-order valence-electron chi connectivity index (χ3n) is 2.36. The van der Waals surface area contributed by atoms with Crippen LogP contribution >= 0.6 is 39.1 Å². The molecule has 0 spiro atoms. The molecule has 0 radical (unpaired) electrons. The number of hydrogen-bond acceptors (Lipinski definition) is 3. The lowest BCUT2D eigenvalue weighted by molar-refractivity contribution is 0.209. The third kappa shape index (κ3) is 2.33. The van der Waals surface area contributed by atoms with E-state index >= 15 is 0 Å². The molecule has 0 saturated carbocycles. The quantitative estimate of drug-likeness (QED) is 0.917. The van der Waals surface area contributed by atoms with Crippen molar-refractivity contribution in [2.24, 2.45) is 7.05 Å². The van der Waals surface area contributed by atoms with Gasteiger partial charge in [-0.25, -0.2) is 4.68 Å². The van der Waals surface area contributed by atoms with Crippen LogP contribution in [-0.2, 0) is 7.05 Å². The number of aliphatic hydroxyl groups is 1. The summed E-state index contributed by atoms with van der Waals surface area (Å²) in [5, 5.41) is 18.7. The summed E-state index contributed by atoms with van der Waals surface area (Å²) in [6.45, 7) is 0. The molecule has 7 heteroatoms. The molecule has 1 aromatic heterocycles. The summed E-state index contributed by atoms with van der Waals surface area (Å²) in [4.78, 5) is 0. The molecule has 0 aliphatic rings. The van der Waals surface area contributed by atoms with Crippen LogP contribution < -0.4 is 0 Å². The van der Waals surface area contributed by atoms with Gasteiger partial charge in [-0.3, -0.25) is 0 Å². The van der Waals surface area contributed by atoms with E-state index in [1.807, 2.05) is 0 Å². The number of aryl methyl sites for hydroxylation is 1. The lowest BCUT2D eigenvalue weighted by Crippen LogP contribution is -2.08. The molecule has 1 atom stereocenters. The van der Waals surface area contributed by atoms with E-state index in [9.17, 15) is 5.11 Å². The van der Waals surface area contributed by atoms with Crippen molar-refractivity contribution in [3.8, 4) is 0 Å². The van der Waals surface area contributed by atoms with Crippen LogP contribution in [0.4, 0.5) is 0 Å². The first-order valence-electron chi connectivity index (χ1n) is 4.69. The summed E-state index contributed by atoms with van der Waals surface area (Å²) in [6.07, 6.45) is -0.981. The zero-order valence-corrected chi connectivity index (χ0v) is 11.8. The second-order valence-corrected chi connectivity index (χ2v) is 4.99. The smallest absolute Gasteiger partial charge is 0.154 e. The highest BCUT2D eigenvalue weighted by atomic mass is 79.9. The van der Waals surface area contributed by atoms with Gasteiger partial charge in [-0.15, -0.1) is 5.10 Å². The summed E-state index contributed by atoms with van der Waals surface area (Å²) in [7, 11) is 1.68. The first-order valence-corrected chi connectivity index (χ1v) is 6.24. The van der Waals surface area contributed by atoms with Crippen molar-refractivity contribution in [2.75, 3.05) is 0 Å². The van der Waals surface area contributed by atoms with Gasteiger partial charge >= 0.3 is 0 Å². The van der Waals surface area contributed by atoms with Gasteiger partial charge in [0.15, 0.2) is 4.60 Å². The van der Waals surface area contributed by atoms with Crippen LogP contribution in [-0.4, -0.2) is 20.1 Å². The van der Waals surface area contributed by atoms with E-state index < -0.39 is 6.10 Å². The minimum absolute atomic E-state index is 0.401. The van der Waals surface area contributed by atoms with Gasteiger partial charge in [0.2, 0.25) is 0 Å². The van der Waals surface area contributed by atoms with Gasteiger partial charge in [-0.2, -0.15) is 0 Å². The lowest BCUT2D eigenvalue weighted by Gasteiger charge is -2.14. The maximum Gasteiger partial charge on any atom is 0.154 e. The van der Waals surface area contributed by atoms with Crippen molar-refractivity contribution < 1.29 is 5.11 Å². The van der Waals surface area contributed by atoms with Gasteiger partial charge in [-0.1, -0.05) is 34.5 Å². The Bertz CT molecular complexity index is 519. The van der Waals surface area contributed by atoms with E-state index in [2.05, 4.69) is 26.2 Å². The van der Waals surface area contributed by atoms with Crippen molar-refractivity contribution in [1.82, 2.24) is 15.0 Å². The molecule has 2 aromatic rings. The standard InChI is InChI=1S/C10H8BrCl2N3O/c1-16-8(10(11)14-15-16)9(17)7-5(12)3-2-4-6(7)13/h2-4,9,17H,1H3. The number of halogens is 3. The predicted molar refractivity (Wildman–Crippen MR) is 69.2 cm³/mol. The second-order valence-electron chi connectivity index (χ2n) is 3.43. The van der Waals surface area contributed by atoms with Gasteiger partial charge in [0.25, 0.3) is 0 Å². The molecule has 17 heavy (non-hydrogen) atoms. The van der Waals surface area contributed by atoms with Gasteiger partial charge in [0, 0.05) is 22.7 Å². The van der Waals surface area contributed by atoms with E-state index in [0.29, 0.717) is 25.9 Å². The van der Waals surface area contributed by atoms with Crippen molar-refractivity contribution in [1.29, 1.82) is 0 Å². The topological polar surface area (TPSA) is 50.9 Å². The van der Waals surface area contributed by atoms with Crippen LogP contribution in [0.1, 0.15) is 17.4 Å². The molecule has 0 amide bonds. The zero-order chi connectivity index (χ0) is 12.6. The SMILES string of the molecule is Cn1nnc(Br)c1C(O)c1c(Cl)cccc1Cl. The lowest BCUT2D eigenvalue weighted by atomic mass is 10.1. The molecule has 1 aromatic carbocycles. The second kappa shape index (κ2) is 4.94. The van der Waals surface area contributed by atoms with E-state index in [1.165, 1.54) is 4.68 Å². The fraction of sp³-hybridized carbons (Fsp3) is 0.200. The molecule has 0 bridgehead atoms. The highest BCUT2D eigenvalue weighted by Gasteiger charge is 2.23. The Morgan fingerprint density at radius 2 is 1.94 bits per heavy atom. The normalized spacial score (nSPS) is 12.8. The molecule has 90 valence electrons. The number of hydrogen-bond donors (Lipinski definition) is 1. The van der Waals surface area contributed by atoms with Gasteiger partial charge in [0.05, 0.1) is 0 Å². The van der Waals surface area contributed by atoms with Gasteiger partial charge in [0.1, 0.15) is 11.8 Å². The minimum atomic E-state index is -0.981. The van der Waals surface area contributed by atoms with Crippen LogP contribution in [0.3, 0.4) is 0 Å². The molecule has 1 N–H and O–H groups in total. The van der Waals surface area contributed by atoms with Crippen LogP contribution in [0.25, 0.3) is 0 Å². The van der Waals surface area contributed by atoms with E-state index in [-0.39, 0.29) is 0 Å². The molecule has 1 heterocycles. The summed E-state index contributed by atoms with van der Waals surface area (Å²) < 4.78 is 1.93. The van der Waals surface area contributed by atoms with E-state index in [4.69, 9.17) is 23.2 Å². The van der Waals surface area contributed by atoms with Crippen molar-refractivity contribution in [3.63, 3.8) is 0 Å². The van der Waals surface area contributed by atoms with Crippen molar-refractivity contribution in [2.45, 2.75) is 6.10 Å².